The largest absolute Gasteiger partial charge is 0.291 e. The van der Waals surface area contributed by atoms with E-state index in [4.69, 9.17) is 0 Å². The maximum Gasteiger partial charge on any atom is 0.233 e. The van der Waals surface area contributed by atoms with Gasteiger partial charge in [-0.25, -0.2) is 0 Å². The smallest absolute Gasteiger partial charge is 0.233 e. The summed E-state index contributed by atoms with van der Waals surface area (Å²) in [5.74, 6) is 2.11. The molecule has 1 saturated carbocycles. The second-order valence-corrected chi connectivity index (χ2v) is 11.4. The molecule has 0 N–H and O–H groups in total. The van der Waals surface area contributed by atoms with Gasteiger partial charge in [0.15, 0.2) is 7.28 Å². The van der Waals surface area contributed by atoms with E-state index in [1.807, 2.05) is 0 Å². The van der Waals surface area contributed by atoms with Crippen molar-refractivity contribution >= 4 is 20.5 Å². The number of hydrogen-bond donors (Lipinski definition) is 0. The van der Waals surface area contributed by atoms with Crippen LogP contribution < -0.4 is 0 Å². The van der Waals surface area contributed by atoms with Crippen LogP contribution in [0.2, 0.25) is 11.6 Å². The Kier molecular flexibility index (Phi) is 7.31. The Morgan fingerprint density at radius 1 is 0.645 bits per heavy atom. The van der Waals surface area contributed by atoms with Crippen LogP contribution in [0, 0.1) is 5.92 Å². The normalized spacial score (nSPS) is 33.2. The van der Waals surface area contributed by atoms with Crippen LogP contribution in [-0.4, -0.2) is 25.4 Å². The zero-order valence-electron chi connectivity index (χ0n) is 19.9. The molecule has 168 valence electrons. The molecule has 0 bridgehead atoms. The van der Waals surface area contributed by atoms with Gasteiger partial charge in [0.05, 0.1) is 0 Å². The molecule has 3 unspecified atom stereocenters. The lowest BCUT2D eigenvalue weighted by Crippen LogP contribution is -2.40. The molecule has 1 amide bonds. The van der Waals surface area contributed by atoms with E-state index in [9.17, 15) is 4.79 Å². The van der Waals surface area contributed by atoms with Crippen LogP contribution in [0.5, 0.6) is 0 Å². The number of allylic oxidation sites excluding steroid dienone is 4. The molecule has 0 aromatic rings. The average Bonchev–Trinajstić information content (AvgIpc) is 2.85. The zero-order chi connectivity index (χ0) is 21.0. The summed E-state index contributed by atoms with van der Waals surface area (Å²) in [6, 6.07) is 0. The highest BCUT2D eigenvalue weighted by atomic mass is 16.2. The van der Waals surface area contributed by atoms with E-state index in [0.29, 0.717) is 23.5 Å². The van der Waals surface area contributed by atoms with Crippen molar-refractivity contribution in [3.63, 3.8) is 0 Å². The van der Waals surface area contributed by atoms with Crippen molar-refractivity contribution in [3.8, 4) is 0 Å². The first kappa shape index (κ1) is 21.9. The summed E-state index contributed by atoms with van der Waals surface area (Å²) in [6.07, 6.45) is 25.0. The number of amides is 1. The van der Waals surface area contributed by atoms with Crippen LogP contribution in [-0.2, 0) is 4.79 Å². The van der Waals surface area contributed by atoms with Gasteiger partial charge in [0.2, 0.25) is 5.91 Å². The van der Waals surface area contributed by atoms with E-state index >= 15 is 0 Å². The number of rotatable bonds is 0. The van der Waals surface area contributed by atoms with Gasteiger partial charge in [-0.15, -0.1) is 0 Å². The molecule has 2 heterocycles. The van der Waals surface area contributed by atoms with Crippen molar-refractivity contribution in [1.29, 1.82) is 0 Å². The van der Waals surface area contributed by atoms with Crippen molar-refractivity contribution in [2.75, 3.05) is 0 Å². The van der Waals surface area contributed by atoms with Crippen molar-refractivity contribution < 1.29 is 4.79 Å². The monoisotopic (exact) mass is 419 g/mol. The fourth-order valence-electron chi connectivity index (χ4n) is 7.68. The SMILES string of the molecule is O=C1C2CCCCCCCC2BC2CCCCCCC3=C2N1C1=C(B3)CCCCCC1. The Labute approximate surface area is 192 Å². The molecular formula is C27H43B2NO. The third-order valence-corrected chi connectivity index (χ3v) is 9.30. The highest BCUT2D eigenvalue weighted by Gasteiger charge is 2.44. The number of hydrogen-bond acceptors (Lipinski definition) is 1. The van der Waals surface area contributed by atoms with Gasteiger partial charge in [0.1, 0.15) is 7.28 Å². The van der Waals surface area contributed by atoms with Gasteiger partial charge in [-0.2, -0.15) is 0 Å². The standard InChI is InChI=1S/C27H43B2NO/c31-27-20-14-8-2-1-3-9-15-21(20)28-23-17-11-4-5-12-18-24-26(23)30(27)25-19-13-7-6-10-16-22(25)29-24/h20-21,23,28-29H,1-19H2. The lowest BCUT2D eigenvalue weighted by Gasteiger charge is -2.40. The minimum atomic E-state index is 0.291. The summed E-state index contributed by atoms with van der Waals surface area (Å²) >= 11 is 0. The summed E-state index contributed by atoms with van der Waals surface area (Å²) in [5.41, 5.74) is 6.39. The molecule has 31 heavy (non-hydrogen) atoms. The number of fused-ring (bicyclic) bond motifs is 2. The molecule has 1 saturated heterocycles. The number of carbonyl (C=O) groups excluding carboxylic acids is 1. The molecule has 3 aliphatic carbocycles. The number of carbonyl (C=O) groups is 1. The first-order valence-corrected chi connectivity index (χ1v) is 14.1. The second kappa shape index (κ2) is 10.3. The molecule has 2 nitrogen and oxygen atoms in total. The molecule has 0 aromatic carbocycles. The minimum absolute atomic E-state index is 0.291. The zero-order valence-corrected chi connectivity index (χ0v) is 19.9. The van der Waals surface area contributed by atoms with Gasteiger partial charge in [-0.05, 0) is 37.9 Å². The third-order valence-electron chi connectivity index (χ3n) is 9.30. The number of nitrogens with zero attached hydrogens (tertiary/aromatic N) is 1. The van der Waals surface area contributed by atoms with E-state index in [0.717, 1.165) is 12.8 Å². The summed E-state index contributed by atoms with van der Waals surface area (Å²) < 4.78 is 0. The Bertz CT molecular complexity index is 727. The van der Waals surface area contributed by atoms with Crippen molar-refractivity contribution in [2.24, 2.45) is 5.92 Å². The summed E-state index contributed by atoms with van der Waals surface area (Å²) in [6.45, 7) is 0. The fourth-order valence-corrected chi connectivity index (χ4v) is 7.68. The molecule has 5 aliphatic rings. The molecule has 5 rings (SSSR count). The lowest BCUT2D eigenvalue weighted by molar-refractivity contribution is -0.132. The van der Waals surface area contributed by atoms with E-state index in [-0.39, 0.29) is 0 Å². The maximum absolute atomic E-state index is 14.4. The van der Waals surface area contributed by atoms with Crippen LogP contribution in [0.3, 0.4) is 0 Å². The predicted molar refractivity (Wildman–Crippen MR) is 134 cm³/mol. The first-order valence-electron chi connectivity index (χ1n) is 14.1. The summed E-state index contributed by atoms with van der Waals surface area (Å²) in [7, 11) is 2.51. The van der Waals surface area contributed by atoms with E-state index in [2.05, 4.69) is 4.90 Å². The maximum atomic E-state index is 14.4. The molecular weight excluding hydrogens is 376 g/mol. The van der Waals surface area contributed by atoms with E-state index in [1.165, 1.54) is 129 Å². The fraction of sp³-hybridized carbons (Fsp3) is 0.815. The molecule has 0 aromatic heterocycles. The Morgan fingerprint density at radius 2 is 1.26 bits per heavy atom. The van der Waals surface area contributed by atoms with Gasteiger partial charge < -0.3 is 0 Å². The predicted octanol–water partition coefficient (Wildman–Crippen LogP) is 6.78. The van der Waals surface area contributed by atoms with Crippen LogP contribution in [0.15, 0.2) is 22.3 Å². The van der Waals surface area contributed by atoms with Crippen LogP contribution in [0.4, 0.5) is 0 Å². The third kappa shape index (κ3) is 4.74. The molecule has 2 fully saturated rings. The van der Waals surface area contributed by atoms with Crippen molar-refractivity contribution in [3.05, 3.63) is 22.3 Å². The topological polar surface area (TPSA) is 20.3 Å². The molecule has 3 atom stereocenters. The van der Waals surface area contributed by atoms with Gasteiger partial charge >= 0.3 is 0 Å². The van der Waals surface area contributed by atoms with E-state index in [1.54, 1.807) is 16.6 Å². The Morgan fingerprint density at radius 3 is 2.06 bits per heavy atom. The Hall–Kier alpha value is -0.920. The minimum Gasteiger partial charge on any atom is -0.291 e. The second-order valence-electron chi connectivity index (χ2n) is 11.4. The highest BCUT2D eigenvalue weighted by molar-refractivity contribution is 6.55. The molecule has 4 heteroatoms. The van der Waals surface area contributed by atoms with E-state index < -0.39 is 0 Å². The van der Waals surface area contributed by atoms with Gasteiger partial charge in [0.25, 0.3) is 0 Å². The quantitative estimate of drug-likeness (QED) is 0.396. The van der Waals surface area contributed by atoms with Crippen LogP contribution in [0.25, 0.3) is 0 Å². The van der Waals surface area contributed by atoms with Crippen molar-refractivity contribution in [1.82, 2.24) is 4.90 Å². The van der Waals surface area contributed by atoms with Gasteiger partial charge in [0, 0.05) is 17.3 Å². The summed E-state index contributed by atoms with van der Waals surface area (Å²) in [5, 5.41) is 0. The van der Waals surface area contributed by atoms with Crippen LogP contribution in [0.1, 0.15) is 122 Å². The average molecular weight is 419 g/mol. The lowest BCUT2D eigenvalue weighted by atomic mass is 9.46. The Balaban J connectivity index is 1.58. The highest BCUT2D eigenvalue weighted by Crippen LogP contribution is 2.49. The summed E-state index contributed by atoms with van der Waals surface area (Å²) in [4.78, 5) is 16.9. The van der Waals surface area contributed by atoms with Gasteiger partial charge in [-0.1, -0.05) is 107 Å². The van der Waals surface area contributed by atoms with Gasteiger partial charge in [-0.3, -0.25) is 9.69 Å². The van der Waals surface area contributed by atoms with Crippen molar-refractivity contribution in [2.45, 2.75) is 134 Å². The molecule has 2 aliphatic heterocycles. The van der Waals surface area contributed by atoms with Crippen LogP contribution >= 0.6 is 0 Å². The molecule has 0 radical (unpaired) electrons. The first-order chi connectivity index (χ1) is 15.3. The molecule has 0 spiro atoms.